The molecule has 1 rings (SSSR count). The number of esters is 1. The Morgan fingerprint density at radius 2 is 2.33 bits per heavy atom. The van der Waals surface area contributed by atoms with Crippen LogP contribution in [0.2, 0.25) is 0 Å². The predicted molar refractivity (Wildman–Crippen MR) is 62.2 cm³/mol. The van der Waals surface area contributed by atoms with Gasteiger partial charge in [-0.15, -0.1) is 0 Å². The summed E-state index contributed by atoms with van der Waals surface area (Å²) in [6, 6.07) is 2.97. The fourth-order valence-corrected chi connectivity index (χ4v) is 1.13. The molecule has 0 saturated carbocycles. The molecule has 18 heavy (non-hydrogen) atoms. The van der Waals surface area contributed by atoms with Gasteiger partial charge < -0.3 is 19.6 Å². The van der Waals surface area contributed by atoms with Crippen LogP contribution in [-0.2, 0) is 9.53 Å². The number of aromatic nitrogens is 1. The minimum Gasteiger partial charge on any atom is -0.481 e. The average Bonchev–Trinajstić information content (AvgIpc) is 2.36. The van der Waals surface area contributed by atoms with Crippen LogP contribution in [0.25, 0.3) is 0 Å². The van der Waals surface area contributed by atoms with Crippen molar-refractivity contribution in [2.75, 3.05) is 13.7 Å². The summed E-state index contributed by atoms with van der Waals surface area (Å²) in [6.45, 7) is 1.70. The first-order valence-corrected chi connectivity index (χ1v) is 5.02. The van der Waals surface area contributed by atoms with Crippen molar-refractivity contribution in [3.05, 3.63) is 40.1 Å². The van der Waals surface area contributed by atoms with E-state index in [1.54, 1.807) is 6.92 Å². The fraction of sp³-hybridized carbons (Fsp3) is 0.273. The Hall–Kier alpha value is -2.44. The Morgan fingerprint density at radius 3 is 2.94 bits per heavy atom. The van der Waals surface area contributed by atoms with Gasteiger partial charge in [-0.1, -0.05) is 0 Å². The lowest BCUT2D eigenvalue weighted by Gasteiger charge is -2.05. The number of rotatable bonds is 5. The molecule has 0 saturated heterocycles. The Kier molecular flexibility index (Phi) is 4.79. The zero-order chi connectivity index (χ0) is 13.5. The van der Waals surface area contributed by atoms with Crippen molar-refractivity contribution in [2.45, 2.75) is 6.92 Å². The highest BCUT2D eigenvalue weighted by Crippen LogP contribution is 2.23. The highest BCUT2D eigenvalue weighted by atomic mass is 16.6. The molecular formula is C11H12N2O5. The summed E-state index contributed by atoms with van der Waals surface area (Å²) in [5.74, 6) is -0.805. The standard InChI is InChI=1S/C11H12N2O5/c1-8(6-10(14)17-2)7-18-9-4-3-5-12-11(9)13(15)16/h3-6H,7H2,1-2H3. The Labute approximate surface area is 103 Å². The molecule has 7 heteroatoms. The molecule has 0 aliphatic rings. The first kappa shape index (κ1) is 13.6. The molecule has 0 atom stereocenters. The van der Waals surface area contributed by atoms with Crippen LogP contribution in [0.5, 0.6) is 5.75 Å². The molecule has 0 fully saturated rings. The summed E-state index contributed by atoms with van der Waals surface area (Å²) < 4.78 is 9.67. The van der Waals surface area contributed by atoms with Crippen molar-refractivity contribution >= 4 is 11.8 Å². The Morgan fingerprint density at radius 1 is 1.61 bits per heavy atom. The molecule has 1 aromatic heterocycles. The molecule has 0 N–H and O–H groups in total. The van der Waals surface area contributed by atoms with Crippen molar-refractivity contribution < 1.29 is 19.2 Å². The monoisotopic (exact) mass is 252 g/mol. The molecule has 1 heterocycles. The van der Waals surface area contributed by atoms with E-state index in [1.807, 2.05) is 0 Å². The maximum Gasteiger partial charge on any atom is 0.406 e. The number of carbonyl (C=O) groups excluding carboxylic acids is 1. The van der Waals surface area contributed by atoms with Crippen molar-refractivity contribution in [3.8, 4) is 5.75 Å². The first-order chi connectivity index (χ1) is 8.54. The van der Waals surface area contributed by atoms with Gasteiger partial charge in [0.2, 0.25) is 5.75 Å². The molecule has 0 amide bonds. The lowest BCUT2D eigenvalue weighted by Crippen LogP contribution is -2.05. The van der Waals surface area contributed by atoms with Crippen molar-refractivity contribution in [1.82, 2.24) is 4.98 Å². The van der Waals surface area contributed by atoms with Crippen LogP contribution in [0.15, 0.2) is 30.0 Å². The van der Waals surface area contributed by atoms with Crippen molar-refractivity contribution in [3.63, 3.8) is 0 Å². The van der Waals surface area contributed by atoms with E-state index in [4.69, 9.17) is 4.74 Å². The van der Waals surface area contributed by atoms with Crippen LogP contribution >= 0.6 is 0 Å². The summed E-state index contributed by atoms with van der Waals surface area (Å²) in [6.07, 6.45) is 2.56. The number of hydrogen-bond acceptors (Lipinski definition) is 6. The summed E-state index contributed by atoms with van der Waals surface area (Å²) in [5.41, 5.74) is 0.583. The van der Waals surface area contributed by atoms with E-state index in [-0.39, 0.29) is 18.2 Å². The predicted octanol–water partition coefficient (Wildman–Crippen LogP) is 1.49. The summed E-state index contributed by atoms with van der Waals surface area (Å²) in [4.78, 5) is 24.6. The van der Waals surface area contributed by atoms with Crippen LogP contribution in [0.4, 0.5) is 5.82 Å². The molecule has 7 nitrogen and oxygen atoms in total. The lowest BCUT2D eigenvalue weighted by atomic mass is 10.3. The van der Waals surface area contributed by atoms with Crippen LogP contribution in [-0.4, -0.2) is 29.6 Å². The van der Waals surface area contributed by atoms with E-state index in [0.717, 1.165) is 0 Å². The number of nitro groups is 1. The molecular weight excluding hydrogens is 240 g/mol. The highest BCUT2D eigenvalue weighted by molar-refractivity contribution is 5.82. The van der Waals surface area contributed by atoms with Gasteiger partial charge in [-0.05, 0) is 34.5 Å². The highest BCUT2D eigenvalue weighted by Gasteiger charge is 2.15. The second-order valence-electron chi connectivity index (χ2n) is 3.38. The second kappa shape index (κ2) is 6.33. The van der Waals surface area contributed by atoms with E-state index in [0.29, 0.717) is 5.57 Å². The normalized spacial score (nSPS) is 10.9. The SMILES string of the molecule is COC(=O)C=C(C)COc1cccnc1[N+](=O)[O-]. The number of ether oxygens (including phenoxy) is 2. The number of methoxy groups -OCH3 is 1. The molecule has 0 radical (unpaired) electrons. The Bertz CT molecular complexity index is 484. The molecule has 0 aliphatic carbocycles. The van der Waals surface area contributed by atoms with Gasteiger partial charge in [0.25, 0.3) is 0 Å². The van der Waals surface area contributed by atoms with Gasteiger partial charge in [-0.2, -0.15) is 0 Å². The number of nitrogens with zero attached hydrogens (tertiary/aromatic N) is 2. The lowest BCUT2D eigenvalue weighted by molar-refractivity contribution is -0.390. The van der Waals surface area contributed by atoms with E-state index in [9.17, 15) is 14.9 Å². The van der Waals surface area contributed by atoms with Gasteiger partial charge in [0, 0.05) is 6.08 Å². The molecule has 0 unspecified atom stereocenters. The third kappa shape index (κ3) is 3.85. The Balaban J connectivity index is 2.72. The van der Waals surface area contributed by atoms with E-state index in [2.05, 4.69) is 9.72 Å². The van der Waals surface area contributed by atoms with Gasteiger partial charge in [0.15, 0.2) is 0 Å². The third-order valence-corrected chi connectivity index (χ3v) is 1.94. The maximum absolute atomic E-state index is 10.9. The van der Waals surface area contributed by atoms with E-state index >= 15 is 0 Å². The second-order valence-corrected chi connectivity index (χ2v) is 3.38. The molecule has 1 aromatic rings. The van der Waals surface area contributed by atoms with Gasteiger partial charge in [-0.25, -0.2) is 4.79 Å². The van der Waals surface area contributed by atoms with Crippen molar-refractivity contribution in [1.29, 1.82) is 0 Å². The summed E-state index contributed by atoms with van der Waals surface area (Å²) in [5, 5.41) is 10.7. The first-order valence-electron chi connectivity index (χ1n) is 5.02. The zero-order valence-electron chi connectivity index (χ0n) is 9.95. The topological polar surface area (TPSA) is 91.6 Å². The van der Waals surface area contributed by atoms with Gasteiger partial charge in [0.05, 0.1) is 7.11 Å². The fourth-order valence-electron chi connectivity index (χ4n) is 1.13. The largest absolute Gasteiger partial charge is 0.481 e. The van der Waals surface area contributed by atoms with E-state index < -0.39 is 10.9 Å². The zero-order valence-corrected chi connectivity index (χ0v) is 9.95. The quantitative estimate of drug-likeness (QED) is 0.341. The minimum absolute atomic E-state index is 0.0433. The van der Waals surface area contributed by atoms with Crippen LogP contribution in [0, 0.1) is 10.1 Å². The molecule has 0 bridgehead atoms. The molecule has 0 aliphatic heterocycles. The van der Waals surface area contributed by atoms with Gasteiger partial charge >= 0.3 is 11.8 Å². The smallest absolute Gasteiger partial charge is 0.406 e. The van der Waals surface area contributed by atoms with E-state index in [1.165, 1.54) is 31.5 Å². The third-order valence-electron chi connectivity index (χ3n) is 1.94. The number of carbonyl (C=O) groups is 1. The maximum atomic E-state index is 10.9. The van der Waals surface area contributed by atoms with Crippen LogP contribution in [0.1, 0.15) is 6.92 Å². The van der Waals surface area contributed by atoms with Gasteiger partial charge in [0.1, 0.15) is 12.8 Å². The van der Waals surface area contributed by atoms with Crippen LogP contribution in [0.3, 0.4) is 0 Å². The van der Waals surface area contributed by atoms with Crippen LogP contribution < -0.4 is 4.74 Å². The minimum atomic E-state index is -0.630. The van der Waals surface area contributed by atoms with Crippen molar-refractivity contribution in [2.24, 2.45) is 0 Å². The average molecular weight is 252 g/mol. The molecule has 0 aromatic carbocycles. The number of hydrogen-bond donors (Lipinski definition) is 0. The molecule has 0 spiro atoms. The summed E-state index contributed by atoms with van der Waals surface area (Å²) >= 11 is 0. The van der Waals surface area contributed by atoms with Gasteiger partial charge in [-0.3, -0.25) is 0 Å². The molecule has 96 valence electrons. The number of pyridine rings is 1. The summed E-state index contributed by atoms with van der Waals surface area (Å²) in [7, 11) is 1.26.